The number of amides is 2. The predicted molar refractivity (Wildman–Crippen MR) is 129 cm³/mol. The van der Waals surface area contributed by atoms with Crippen LogP contribution in [0.5, 0.6) is 0 Å². The third kappa shape index (κ3) is 4.10. The number of aryl methyl sites for hydroxylation is 1. The zero-order valence-corrected chi connectivity index (χ0v) is 19.6. The number of fused-ring (bicyclic) bond motifs is 2. The summed E-state index contributed by atoms with van der Waals surface area (Å²) in [6, 6.07) is 12.2. The van der Waals surface area contributed by atoms with Gasteiger partial charge in [0.1, 0.15) is 0 Å². The van der Waals surface area contributed by atoms with Gasteiger partial charge >= 0.3 is 6.18 Å². The van der Waals surface area contributed by atoms with E-state index in [1.807, 2.05) is 37.1 Å². The van der Waals surface area contributed by atoms with Gasteiger partial charge in [-0.1, -0.05) is 24.3 Å². The number of rotatable bonds is 2. The van der Waals surface area contributed by atoms with Crippen molar-refractivity contribution in [1.82, 2.24) is 15.1 Å². The summed E-state index contributed by atoms with van der Waals surface area (Å²) in [5.41, 5.74) is 1.47. The zero-order valence-electron chi connectivity index (χ0n) is 19.6. The smallest absolute Gasteiger partial charge is 0.352 e. The summed E-state index contributed by atoms with van der Waals surface area (Å²) in [7, 11) is 1.81. The highest BCUT2D eigenvalue weighted by Gasteiger charge is 2.36. The molecule has 0 aliphatic carbocycles. The first-order valence-corrected chi connectivity index (χ1v) is 11.4. The molecule has 1 saturated heterocycles. The molecule has 0 saturated carbocycles. The third-order valence-corrected chi connectivity index (χ3v) is 6.53. The van der Waals surface area contributed by atoms with Crippen molar-refractivity contribution in [3.63, 3.8) is 0 Å². The van der Waals surface area contributed by atoms with Gasteiger partial charge < -0.3 is 20.0 Å². The van der Waals surface area contributed by atoms with E-state index in [1.165, 1.54) is 23.1 Å². The maximum Gasteiger partial charge on any atom is 0.417 e. The highest BCUT2D eigenvalue weighted by molar-refractivity contribution is 6.12. The summed E-state index contributed by atoms with van der Waals surface area (Å²) in [6.07, 6.45) is -4.61. The lowest BCUT2D eigenvalue weighted by molar-refractivity contribution is -0.138. The van der Waals surface area contributed by atoms with Crippen molar-refractivity contribution in [3.05, 3.63) is 70.8 Å². The van der Waals surface area contributed by atoms with Crippen LogP contribution in [0.15, 0.2) is 48.5 Å². The van der Waals surface area contributed by atoms with Crippen LogP contribution in [-0.2, 0) is 6.18 Å². The normalized spacial score (nSPS) is 15.7. The maximum atomic E-state index is 13.4. The molecule has 1 N–H and O–H groups in total. The van der Waals surface area contributed by atoms with E-state index >= 15 is 0 Å². The molecular weight excluding hydrogens is 473 g/mol. The minimum atomic E-state index is -4.61. The predicted octanol–water partition coefficient (Wildman–Crippen LogP) is 4.10. The number of piperazine rings is 1. The first-order chi connectivity index (χ1) is 17.1. The van der Waals surface area contributed by atoms with Crippen molar-refractivity contribution in [2.24, 2.45) is 0 Å². The van der Waals surface area contributed by atoms with Crippen molar-refractivity contribution in [3.8, 4) is 0 Å². The molecule has 0 spiro atoms. The van der Waals surface area contributed by atoms with Crippen LogP contribution in [0, 0.1) is 6.92 Å². The van der Waals surface area contributed by atoms with Crippen molar-refractivity contribution in [1.29, 1.82) is 0 Å². The summed E-state index contributed by atoms with van der Waals surface area (Å²) in [5, 5.41) is 11.6. The van der Waals surface area contributed by atoms with E-state index in [-0.39, 0.29) is 24.6 Å². The number of nitrogens with one attached hydrogen (secondary N) is 1. The van der Waals surface area contributed by atoms with E-state index in [0.717, 1.165) is 17.3 Å². The Bertz CT molecular complexity index is 1350. The van der Waals surface area contributed by atoms with Gasteiger partial charge in [-0.3, -0.25) is 9.59 Å². The topological polar surface area (TPSA) is 81.7 Å². The molecule has 11 heteroatoms. The Labute approximate surface area is 205 Å². The molecule has 2 aliphatic rings. The van der Waals surface area contributed by atoms with Crippen molar-refractivity contribution in [2.75, 3.05) is 48.3 Å². The van der Waals surface area contributed by atoms with Gasteiger partial charge in [-0.15, -0.1) is 10.2 Å². The summed E-state index contributed by atoms with van der Waals surface area (Å²) >= 11 is 0. The first kappa shape index (κ1) is 23.6. The summed E-state index contributed by atoms with van der Waals surface area (Å²) in [6.45, 7) is 3.00. The molecule has 2 aliphatic heterocycles. The average molecular weight is 496 g/mol. The molecule has 0 bridgehead atoms. The Hall–Kier alpha value is -4.15. The number of carbonyl (C=O) groups excluding carboxylic acids is 2. The van der Waals surface area contributed by atoms with E-state index in [9.17, 15) is 22.8 Å². The Balaban J connectivity index is 1.35. The second-order valence-corrected chi connectivity index (χ2v) is 8.74. The highest BCUT2D eigenvalue weighted by Crippen LogP contribution is 2.38. The Kier molecular flexibility index (Phi) is 5.77. The molecule has 0 radical (unpaired) electrons. The molecule has 0 atom stereocenters. The second-order valence-electron chi connectivity index (χ2n) is 8.74. The monoisotopic (exact) mass is 496 g/mol. The van der Waals surface area contributed by atoms with Gasteiger partial charge in [0, 0.05) is 33.2 Å². The van der Waals surface area contributed by atoms with Gasteiger partial charge in [0.2, 0.25) is 0 Å². The van der Waals surface area contributed by atoms with E-state index in [2.05, 4.69) is 15.5 Å². The number of halogens is 3. The molecule has 8 nitrogen and oxygen atoms in total. The number of alkyl halides is 3. The van der Waals surface area contributed by atoms with Crippen LogP contribution >= 0.6 is 0 Å². The number of nitrogens with zero attached hydrogens (tertiary/aromatic N) is 5. The fourth-order valence-corrected chi connectivity index (χ4v) is 4.56. The van der Waals surface area contributed by atoms with Crippen LogP contribution in [-0.4, -0.2) is 60.1 Å². The largest absolute Gasteiger partial charge is 0.417 e. The van der Waals surface area contributed by atoms with Gasteiger partial charge in [0.25, 0.3) is 11.8 Å². The van der Waals surface area contributed by atoms with Gasteiger partial charge in [-0.05, 0) is 36.8 Å². The summed E-state index contributed by atoms with van der Waals surface area (Å²) in [5.74, 6) is -0.0933. The molecule has 2 amide bonds. The highest BCUT2D eigenvalue weighted by atomic mass is 19.4. The molecule has 36 heavy (non-hydrogen) atoms. The van der Waals surface area contributed by atoms with Crippen LogP contribution < -0.4 is 15.1 Å². The minimum Gasteiger partial charge on any atom is -0.352 e. The molecule has 0 unspecified atom stereocenters. The van der Waals surface area contributed by atoms with Crippen molar-refractivity contribution < 1.29 is 22.8 Å². The molecule has 1 fully saturated rings. The fourth-order valence-electron chi connectivity index (χ4n) is 4.56. The number of aromatic nitrogens is 2. The molecule has 3 aromatic rings. The van der Waals surface area contributed by atoms with E-state index in [4.69, 9.17) is 0 Å². The number of anilines is 4. The third-order valence-electron chi connectivity index (χ3n) is 6.53. The van der Waals surface area contributed by atoms with Gasteiger partial charge in [0.15, 0.2) is 11.6 Å². The molecular formula is C25H23F3N6O2. The molecule has 3 heterocycles. The summed E-state index contributed by atoms with van der Waals surface area (Å²) in [4.78, 5) is 31.0. The quantitative estimate of drug-likeness (QED) is 0.576. The molecule has 2 aromatic carbocycles. The van der Waals surface area contributed by atoms with Gasteiger partial charge in [-0.2, -0.15) is 13.2 Å². The Morgan fingerprint density at radius 1 is 1.00 bits per heavy atom. The van der Waals surface area contributed by atoms with Gasteiger partial charge in [-0.25, -0.2) is 0 Å². The molecule has 1 aromatic heterocycles. The Morgan fingerprint density at radius 3 is 2.44 bits per heavy atom. The first-order valence-electron chi connectivity index (χ1n) is 11.4. The number of hydrogen-bond donors (Lipinski definition) is 1. The molecule has 5 rings (SSSR count). The number of para-hydroxylation sites is 1. The summed E-state index contributed by atoms with van der Waals surface area (Å²) < 4.78 is 40.1. The maximum absolute atomic E-state index is 13.4. The molecule has 186 valence electrons. The number of carbonyl (C=O) groups is 2. The van der Waals surface area contributed by atoms with E-state index in [0.29, 0.717) is 36.0 Å². The van der Waals surface area contributed by atoms with E-state index in [1.54, 1.807) is 11.0 Å². The average Bonchev–Trinajstić information content (AvgIpc) is 2.98. The Morgan fingerprint density at radius 2 is 1.72 bits per heavy atom. The van der Waals surface area contributed by atoms with Crippen LogP contribution in [0.2, 0.25) is 0 Å². The lowest BCUT2D eigenvalue weighted by Gasteiger charge is -2.35. The fraction of sp³-hybridized carbons (Fsp3) is 0.280. The van der Waals surface area contributed by atoms with Gasteiger partial charge in [0.05, 0.1) is 28.1 Å². The number of hydrogen-bond acceptors (Lipinski definition) is 6. The van der Waals surface area contributed by atoms with Crippen LogP contribution in [0.25, 0.3) is 0 Å². The number of benzene rings is 2. The minimum absolute atomic E-state index is 0.209. The second kappa shape index (κ2) is 8.81. The lowest BCUT2D eigenvalue weighted by atomic mass is 10.1. The zero-order chi connectivity index (χ0) is 25.6. The van der Waals surface area contributed by atoms with Crippen LogP contribution in [0.4, 0.5) is 36.2 Å². The van der Waals surface area contributed by atoms with Crippen molar-refractivity contribution in [2.45, 2.75) is 13.1 Å². The van der Waals surface area contributed by atoms with Crippen molar-refractivity contribution >= 4 is 34.8 Å². The van der Waals surface area contributed by atoms with Crippen LogP contribution in [0.3, 0.4) is 0 Å². The lowest BCUT2D eigenvalue weighted by Crippen LogP contribution is -2.49. The van der Waals surface area contributed by atoms with Crippen LogP contribution in [0.1, 0.15) is 31.8 Å². The van der Waals surface area contributed by atoms with E-state index < -0.39 is 17.6 Å². The SMILES string of the molecule is Cc1cccc2c1NC(=O)c1cc(N3CCN(C(=O)c4ccccc4C(F)(F)F)CC3)nnc1N2C. The standard InChI is InChI=1S/C25H23F3N6O2/c1-15-6-5-9-19-21(15)29-23(35)17-14-20(30-31-22(17)32(19)2)33-10-12-34(13-11-33)24(36)16-7-3-4-8-18(16)25(26,27)28/h3-9,14H,10-13H2,1-2H3,(H,29,35).